The molecule has 0 aliphatic rings. The number of hydrogen-bond acceptors (Lipinski definition) is 3. The Kier molecular flexibility index (Phi) is 5.84. The molecular formula is C17H23NO2. The summed E-state index contributed by atoms with van der Waals surface area (Å²) in [6.07, 6.45) is 1.15. The number of benzene rings is 1. The first-order valence-electron chi connectivity index (χ1n) is 7.18. The zero-order valence-electron chi connectivity index (χ0n) is 12.3. The lowest BCUT2D eigenvalue weighted by Crippen LogP contribution is -2.16. The summed E-state index contributed by atoms with van der Waals surface area (Å²) in [5, 5.41) is 3.35. The Hall–Kier alpha value is -1.58. The van der Waals surface area contributed by atoms with Gasteiger partial charge < -0.3 is 14.5 Å². The van der Waals surface area contributed by atoms with E-state index in [1.165, 1.54) is 5.56 Å². The third kappa shape index (κ3) is 4.83. The Balaban J connectivity index is 1.55. The summed E-state index contributed by atoms with van der Waals surface area (Å²) in [4.78, 5) is 0. The van der Waals surface area contributed by atoms with Crippen molar-refractivity contribution >= 4 is 0 Å². The Labute approximate surface area is 121 Å². The van der Waals surface area contributed by atoms with Crippen molar-refractivity contribution < 1.29 is 9.15 Å². The van der Waals surface area contributed by atoms with Gasteiger partial charge in [0.05, 0.1) is 12.6 Å². The normalized spacial score (nSPS) is 12.5. The van der Waals surface area contributed by atoms with Crippen LogP contribution < -0.4 is 5.32 Å². The van der Waals surface area contributed by atoms with Gasteiger partial charge >= 0.3 is 0 Å². The fourth-order valence-corrected chi connectivity index (χ4v) is 2.07. The third-order valence-corrected chi connectivity index (χ3v) is 3.23. The smallest absolute Gasteiger partial charge is 0.117 e. The summed E-state index contributed by atoms with van der Waals surface area (Å²) < 4.78 is 11.3. The fraction of sp³-hybridized carbons (Fsp3) is 0.412. The molecule has 3 nitrogen and oxygen atoms in total. The van der Waals surface area contributed by atoms with Crippen LogP contribution in [-0.2, 0) is 11.3 Å². The molecule has 108 valence electrons. The Morgan fingerprint density at radius 1 is 1.15 bits per heavy atom. The molecule has 0 saturated carbocycles. The topological polar surface area (TPSA) is 34.4 Å². The van der Waals surface area contributed by atoms with Crippen LogP contribution in [0, 0.1) is 6.92 Å². The molecular weight excluding hydrogens is 250 g/mol. The van der Waals surface area contributed by atoms with E-state index in [1.54, 1.807) is 0 Å². The van der Waals surface area contributed by atoms with Crippen LogP contribution in [0.2, 0.25) is 0 Å². The van der Waals surface area contributed by atoms with E-state index in [9.17, 15) is 0 Å². The van der Waals surface area contributed by atoms with Gasteiger partial charge in [0.25, 0.3) is 0 Å². The van der Waals surface area contributed by atoms with Crippen LogP contribution in [0.1, 0.15) is 36.5 Å². The summed E-state index contributed by atoms with van der Waals surface area (Å²) in [5.41, 5.74) is 1.23. The minimum Gasteiger partial charge on any atom is -0.465 e. The minimum absolute atomic E-state index is 0.156. The molecule has 0 radical (unpaired) electrons. The number of rotatable bonds is 8. The molecule has 0 saturated heterocycles. The first-order chi connectivity index (χ1) is 9.75. The van der Waals surface area contributed by atoms with Crippen LogP contribution in [0.5, 0.6) is 0 Å². The van der Waals surface area contributed by atoms with Crippen molar-refractivity contribution in [2.24, 2.45) is 0 Å². The van der Waals surface area contributed by atoms with Crippen molar-refractivity contribution in [3.8, 4) is 0 Å². The van der Waals surface area contributed by atoms with Gasteiger partial charge in [0.15, 0.2) is 0 Å². The summed E-state index contributed by atoms with van der Waals surface area (Å²) in [5.74, 6) is 1.95. The second kappa shape index (κ2) is 7.88. The first kappa shape index (κ1) is 14.8. The van der Waals surface area contributed by atoms with E-state index in [4.69, 9.17) is 9.15 Å². The lowest BCUT2D eigenvalue weighted by molar-refractivity contribution is 0.0640. The SMILES string of the molecule is Cc1ccc(CNCCCOC(C)c2ccccc2)o1. The Morgan fingerprint density at radius 3 is 2.65 bits per heavy atom. The molecule has 1 heterocycles. The zero-order chi connectivity index (χ0) is 14.2. The van der Waals surface area contributed by atoms with Crippen LogP contribution >= 0.6 is 0 Å². The lowest BCUT2D eigenvalue weighted by Gasteiger charge is -2.13. The van der Waals surface area contributed by atoms with E-state index in [-0.39, 0.29) is 6.10 Å². The second-order valence-corrected chi connectivity index (χ2v) is 4.97. The summed E-state index contributed by atoms with van der Waals surface area (Å²) in [6, 6.07) is 14.3. The summed E-state index contributed by atoms with van der Waals surface area (Å²) in [6.45, 7) is 6.53. The predicted molar refractivity (Wildman–Crippen MR) is 80.6 cm³/mol. The average Bonchev–Trinajstić information content (AvgIpc) is 2.89. The fourth-order valence-electron chi connectivity index (χ4n) is 2.07. The number of hydrogen-bond donors (Lipinski definition) is 1. The first-order valence-corrected chi connectivity index (χ1v) is 7.18. The number of aryl methyl sites for hydroxylation is 1. The quantitative estimate of drug-likeness (QED) is 0.742. The van der Waals surface area contributed by atoms with E-state index in [2.05, 4.69) is 24.4 Å². The number of ether oxygens (including phenoxy) is 1. The lowest BCUT2D eigenvalue weighted by atomic mass is 10.1. The van der Waals surface area contributed by atoms with Crippen LogP contribution in [0.4, 0.5) is 0 Å². The van der Waals surface area contributed by atoms with E-state index in [0.717, 1.165) is 37.6 Å². The molecule has 1 aromatic carbocycles. The maximum absolute atomic E-state index is 5.82. The molecule has 0 fully saturated rings. The van der Waals surface area contributed by atoms with Crippen LogP contribution in [-0.4, -0.2) is 13.2 Å². The minimum atomic E-state index is 0.156. The molecule has 2 rings (SSSR count). The highest BCUT2D eigenvalue weighted by Gasteiger charge is 2.04. The third-order valence-electron chi connectivity index (χ3n) is 3.23. The Bertz CT molecular complexity index is 493. The molecule has 3 heteroatoms. The molecule has 0 amide bonds. The highest BCUT2D eigenvalue weighted by molar-refractivity contribution is 5.16. The van der Waals surface area contributed by atoms with Gasteiger partial charge in [-0.3, -0.25) is 0 Å². The van der Waals surface area contributed by atoms with Crippen molar-refractivity contribution in [3.05, 3.63) is 59.5 Å². The van der Waals surface area contributed by atoms with Crippen LogP contribution in [0.25, 0.3) is 0 Å². The van der Waals surface area contributed by atoms with Crippen LogP contribution in [0.3, 0.4) is 0 Å². The maximum Gasteiger partial charge on any atom is 0.117 e. The van der Waals surface area contributed by atoms with E-state index in [1.807, 2.05) is 37.3 Å². The van der Waals surface area contributed by atoms with Gasteiger partial charge in [-0.2, -0.15) is 0 Å². The molecule has 1 N–H and O–H groups in total. The summed E-state index contributed by atoms with van der Waals surface area (Å²) in [7, 11) is 0. The second-order valence-electron chi connectivity index (χ2n) is 4.97. The van der Waals surface area contributed by atoms with E-state index < -0.39 is 0 Å². The molecule has 20 heavy (non-hydrogen) atoms. The van der Waals surface area contributed by atoms with Gasteiger partial charge in [-0.1, -0.05) is 30.3 Å². The van der Waals surface area contributed by atoms with Gasteiger partial charge in [0, 0.05) is 6.61 Å². The van der Waals surface area contributed by atoms with Crippen molar-refractivity contribution in [2.45, 2.75) is 32.9 Å². The predicted octanol–water partition coefficient (Wildman–Crippen LogP) is 3.85. The standard InChI is InChI=1S/C17H23NO2/c1-14-9-10-17(20-14)13-18-11-6-12-19-15(2)16-7-4-3-5-8-16/h3-5,7-10,15,18H,6,11-13H2,1-2H3. The molecule has 2 aromatic rings. The molecule has 0 bridgehead atoms. The molecule has 1 atom stereocenters. The van der Waals surface area contributed by atoms with Gasteiger partial charge in [-0.05, 0) is 44.5 Å². The van der Waals surface area contributed by atoms with Gasteiger partial charge in [0.2, 0.25) is 0 Å². The van der Waals surface area contributed by atoms with Crippen molar-refractivity contribution in [3.63, 3.8) is 0 Å². The zero-order valence-corrected chi connectivity index (χ0v) is 12.3. The highest BCUT2D eigenvalue weighted by Crippen LogP contribution is 2.15. The molecule has 1 unspecified atom stereocenters. The van der Waals surface area contributed by atoms with E-state index >= 15 is 0 Å². The van der Waals surface area contributed by atoms with E-state index in [0.29, 0.717) is 0 Å². The maximum atomic E-state index is 5.82. The largest absolute Gasteiger partial charge is 0.465 e. The van der Waals surface area contributed by atoms with Crippen molar-refractivity contribution in [2.75, 3.05) is 13.2 Å². The van der Waals surface area contributed by atoms with Gasteiger partial charge in [-0.15, -0.1) is 0 Å². The molecule has 0 aliphatic carbocycles. The monoisotopic (exact) mass is 273 g/mol. The van der Waals surface area contributed by atoms with Gasteiger partial charge in [0.1, 0.15) is 11.5 Å². The van der Waals surface area contributed by atoms with Crippen LogP contribution in [0.15, 0.2) is 46.9 Å². The average molecular weight is 273 g/mol. The van der Waals surface area contributed by atoms with Crippen molar-refractivity contribution in [1.29, 1.82) is 0 Å². The molecule has 0 aliphatic heterocycles. The Morgan fingerprint density at radius 2 is 1.95 bits per heavy atom. The molecule has 1 aromatic heterocycles. The molecule has 0 spiro atoms. The van der Waals surface area contributed by atoms with Gasteiger partial charge in [-0.25, -0.2) is 0 Å². The number of furan rings is 1. The highest BCUT2D eigenvalue weighted by atomic mass is 16.5. The number of nitrogens with one attached hydrogen (secondary N) is 1. The summed E-state index contributed by atoms with van der Waals surface area (Å²) >= 11 is 0. The van der Waals surface area contributed by atoms with Crippen molar-refractivity contribution in [1.82, 2.24) is 5.32 Å².